The van der Waals surface area contributed by atoms with Crippen LogP contribution in [0.25, 0.3) is 0 Å². The largest absolute Gasteiger partial charge is 0.361 e. The molecule has 0 fully saturated rings. The first-order valence-corrected chi connectivity index (χ1v) is 8.32. The number of carbonyl (C=O) groups is 2. The molecule has 0 spiro atoms. The van der Waals surface area contributed by atoms with Crippen LogP contribution in [0.1, 0.15) is 77.6 Å². The second kappa shape index (κ2) is 6.11. The number of nitrogens with one attached hydrogen (secondary N) is 2. The van der Waals surface area contributed by atoms with Crippen molar-refractivity contribution in [2.24, 2.45) is 0 Å². The summed E-state index contributed by atoms with van der Waals surface area (Å²) in [5.41, 5.74) is 4.24. The van der Waals surface area contributed by atoms with Gasteiger partial charge in [-0.1, -0.05) is 11.6 Å². The molecular formula is C18H24N2O2. The zero-order chi connectivity index (χ0) is 15.7. The molecule has 1 amide bonds. The van der Waals surface area contributed by atoms with E-state index in [2.05, 4.69) is 16.4 Å². The van der Waals surface area contributed by atoms with Gasteiger partial charge in [0.1, 0.15) is 0 Å². The Morgan fingerprint density at radius 2 is 2.05 bits per heavy atom. The van der Waals surface area contributed by atoms with Crippen LogP contribution in [-0.2, 0) is 6.42 Å². The zero-order valence-corrected chi connectivity index (χ0v) is 13.4. The third-order valence-electron chi connectivity index (χ3n) is 4.83. The normalized spacial score (nSPS) is 19.4. The summed E-state index contributed by atoms with van der Waals surface area (Å²) in [6.45, 7) is 3.91. The lowest BCUT2D eigenvalue weighted by Crippen LogP contribution is -2.35. The van der Waals surface area contributed by atoms with Gasteiger partial charge in [0, 0.05) is 23.9 Å². The zero-order valence-electron chi connectivity index (χ0n) is 13.4. The molecule has 118 valence electrons. The maximum absolute atomic E-state index is 12.7. The Balaban J connectivity index is 1.82. The Hall–Kier alpha value is -1.84. The van der Waals surface area contributed by atoms with Crippen LogP contribution >= 0.6 is 0 Å². The predicted molar refractivity (Wildman–Crippen MR) is 86.3 cm³/mol. The molecule has 0 saturated heterocycles. The lowest BCUT2D eigenvalue weighted by atomic mass is 9.92. The number of amides is 1. The Kier molecular flexibility index (Phi) is 4.19. The molecule has 0 bridgehead atoms. The fraction of sp³-hybridized carbons (Fsp3) is 0.556. The van der Waals surface area contributed by atoms with Gasteiger partial charge in [-0.15, -0.1) is 0 Å². The standard InChI is InChI=1S/C18H24N2O2/c1-11(13-7-4-3-5-8-13)20-18(22)16-12(2)19-14-9-6-10-15(21)17(14)16/h7,11,19H,3-6,8-10H2,1-2H3,(H,20,22)/t11-/m0/s1. The van der Waals surface area contributed by atoms with Crippen LogP contribution in [0, 0.1) is 6.92 Å². The molecule has 2 N–H and O–H groups in total. The van der Waals surface area contributed by atoms with Crippen molar-refractivity contribution in [3.8, 4) is 0 Å². The van der Waals surface area contributed by atoms with E-state index in [4.69, 9.17) is 0 Å². The Morgan fingerprint density at radius 1 is 1.23 bits per heavy atom. The van der Waals surface area contributed by atoms with Gasteiger partial charge in [-0.2, -0.15) is 0 Å². The number of ketones is 1. The van der Waals surface area contributed by atoms with Crippen molar-refractivity contribution in [1.29, 1.82) is 0 Å². The Bertz CT molecular complexity index is 640. The predicted octanol–water partition coefficient (Wildman–Crippen LogP) is 3.46. The molecule has 1 atom stereocenters. The maximum Gasteiger partial charge on any atom is 0.254 e. The first kappa shape index (κ1) is 15.1. The van der Waals surface area contributed by atoms with Gasteiger partial charge in [0.25, 0.3) is 5.91 Å². The Labute approximate surface area is 131 Å². The van der Waals surface area contributed by atoms with E-state index in [-0.39, 0.29) is 17.7 Å². The summed E-state index contributed by atoms with van der Waals surface area (Å²) in [6, 6.07) is 0.0384. The summed E-state index contributed by atoms with van der Waals surface area (Å²) in [5.74, 6) is -0.0236. The van der Waals surface area contributed by atoms with Crippen molar-refractivity contribution < 1.29 is 9.59 Å². The van der Waals surface area contributed by atoms with Gasteiger partial charge in [0.15, 0.2) is 5.78 Å². The van der Waals surface area contributed by atoms with Crippen LogP contribution < -0.4 is 5.32 Å². The molecule has 0 saturated carbocycles. The van der Waals surface area contributed by atoms with Crippen molar-refractivity contribution >= 4 is 11.7 Å². The highest BCUT2D eigenvalue weighted by molar-refractivity contribution is 6.10. The lowest BCUT2D eigenvalue weighted by Gasteiger charge is -2.21. The van der Waals surface area contributed by atoms with E-state index in [0.717, 1.165) is 37.1 Å². The number of H-pyrrole nitrogens is 1. The molecule has 0 aliphatic heterocycles. The van der Waals surface area contributed by atoms with Crippen LogP contribution in [0.5, 0.6) is 0 Å². The molecule has 0 radical (unpaired) electrons. The molecule has 1 aromatic rings. The molecule has 1 heterocycles. The minimum atomic E-state index is -0.121. The average Bonchev–Trinajstić information content (AvgIpc) is 2.85. The van der Waals surface area contributed by atoms with Crippen molar-refractivity contribution in [3.05, 3.63) is 34.2 Å². The van der Waals surface area contributed by atoms with Crippen molar-refractivity contribution in [2.75, 3.05) is 0 Å². The number of hydrogen-bond acceptors (Lipinski definition) is 2. The fourth-order valence-corrected chi connectivity index (χ4v) is 3.64. The monoisotopic (exact) mass is 300 g/mol. The number of aromatic amines is 1. The molecule has 4 heteroatoms. The summed E-state index contributed by atoms with van der Waals surface area (Å²) in [6.07, 6.45) is 9.12. The summed E-state index contributed by atoms with van der Waals surface area (Å²) in [4.78, 5) is 28.1. The third-order valence-corrected chi connectivity index (χ3v) is 4.83. The third kappa shape index (κ3) is 2.74. The average molecular weight is 300 g/mol. The van der Waals surface area contributed by atoms with E-state index in [9.17, 15) is 9.59 Å². The van der Waals surface area contributed by atoms with Crippen LogP contribution in [0.4, 0.5) is 0 Å². The summed E-state index contributed by atoms with van der Waals surface area (Å²) >= 11 is 0. The highest BCUT2D eigenvalue weighted by Gasteiger charge is 2.29. The number of Topliss-reactive ketones (excluding diaryl/α,β-unsaturated/α-hetero) is 1. The van der Waals surface area contributed by atoms with Crippen molar-refractivity contribution in [3.63, 3.8) is 0 Å². The van der Waals surface area contributed by atoms with Gasteiger partial charge < -0.3 is 10.3 Å². The minimum absolute atomic E-state index is 0.0384. The topological polar surface area (TPSA) is 62.0 Å². The second-order valence-corrected chi connectivity index (χ2v) is 6.48. The second-order valence-electron chi connectivity index (χ2n) is 6.48. The highest BCUT2D eigenvalue weighted by atomic mass is 16.2. The molecule has 0 unspecified atom stereocenters. The first-order chi connectivity index (χ1) is 10.6. The summed E-state index contributed by atoms with van der Waals surface area (Å²) < 4.78 is 0. The molecule has 4 nitrogen and oxygen atoms in total. The number of aryl methyl sites for hydroxylation is 2. The molecule has 2 aliphatic carbocycles. The summed E-state index contributed by atoms with van der Waals surface area (Å²) in [7, 11) is 0. The summed E-state index contributed by atoms with van der Waals surface area (Å²) in [5, 5.41) is 3.08. The molecule has 22 heavy (non-hydrogen) atoms. The molecular weight excluding hydrogens is 276 g/mol. The molecule has 2 aliphatic rings. The number of fused-ring (bicyclic) bond motifs is 1. The van der Waals surface area contributed by atoms with Gasteiger partial charge in [0.05, 0.1) is 11.1 Å². The van der Waals surface area contributed by atoms with E-state index >= 15 is 0 Å². The van der Waals surface area contributed by atoms with E-state index in [1.807, 2.05) is 13.8 Å². The van der Waals surface area contributed by atoms with Gasteiger partial charge in [-0.25, -0.2) is 0 Å². The Morgan fingerprint density at radius 3 is 2.77 bits per heavy atom. The van der Waals surface area contributed by atoms with Gasteiger partial charge >= 0.3 is 0 Å². The smallest absolute Gasteiger partial charge is 0.254 e. The molecule has 3 rings (SSSR count). The number of rotatable bonds is 3. The van der Waals surface area contributed by atoms with E-state index in [0.29, 0.717) is 17.5 Å². The fourth-order valence-electron chi connectivity index (χ4n) is 3.64. The lowest BCUT2D eigenvalue weighted by molar-refractivity contribution is 0.0921. The highest BCUT2D eigenvalue weighted by Crippen LogP contribution is 2.27. The molecule has 1 aromatic heterocycles. The van der Waals surface area contributed by atoms with Crippen LogP contribution in [-0.4, -0.2) is 22.7 Å². The van der Waals surface area contributed by atoms with Crippen LogP contribution in [0.3, 0.4) is 0 Å². The van der Waals surface area contributed by atoms with Crippen LogP contribution in [0.2, 0.25) is 0 Å². The minimum Gasteiger partial charge on any atom is -0.361 e. The van der Waals surface area contributed by atoms with E-state index in [1.165, 1.54) is 18.4 Å². The van der Waals surface area contributed by atoms with Crippen molar-refractivity contribution in [1.82, 2.24) is 10.3 Å². The van der Waals surface area contributed by atoms with Crippen LogP contribution in [0.15, 0.2) is 11.6 Å². The van der Waals surface area contributed by atoms with E-state index in [1.54, 1.807) is 0 Å². The van der Waals surface area contributed by atoms with E-state index < -0.39 is 0 Å². The van der Waals surface area contributed by atoms with Gasteiger partial charge in [-0.3, -0.25) is 9.59 Å². The van der Waals surface area contributed by atoms with Crippen molar-refractivity contribution in [2.45, 2.75) is 64.8 Å². The quantitative estimate of drug-likeness (QED) is 0.840. The number of hydrogen-bond donors (Lipinski definition) is 2. The number of allylic oxidation sites excluding steroid dienone is 1. The SMILES string of the molecule is Cc1[nH]c2c(c1C(=O)N[C@@H](C)C1=CCCCC1)C(=O)CCC2. The van der Waals surface area contributed by atoms with Gasteiger partial charge in [0.2, 0.25) is 0 Å². The number of carbonyl (C=O) groups excluding carboxylic acids is 2. The molecule has 0 aromatic carbocycles. The number of aromatic nitrogens is 1. The van der Waals surface area contributed by atoms with Gasteiger partial charge in [-0.05, 0) is 52.4 Å². The first-order valence-electron chi connectivity index (χ1n) is 8.32. The maximum atomic E-state index is 12.7.